The first-order valence-electron chi connectivity index (χ1n) is 8.82. The molecule has 2 aromatic rings. The Bertz CT molecular complexity index is 726. The highest BCUT2D eigenvalue weighted by Gasteiger charge is 2.17. The predicted molar refractivity (Wildman–Crippen MR) is 94.4 cm³/mol. The van der Waals surface area contributed by atoms with Crippen molar-refractivity contribution in [1.82, 2.24) is 5.32 Å². The van der Waals surface area contributed by atoms with Crippen molar-refractivity contribution in [2.24, 2.45) is 0 Å². The van der Waals surface area contributed by atoms with Gasteiger partial charge in [-0.15, -0.1) is 0 Å². The van der Waals surface area contributed by atoms with Gasteiger partial charge in [-0.1, -0.05) is 43.3 Å². The molecule has 1 aliphatic rings. The third-order valence-corrected chi connectivity index (χ3v) is 4.83. The minimum absolute atomic E-state index is 0.0171. The van der Waals surface area contributed by atoms with E-state index in [9.17, 15) is 9.18 Å². The maximum atomic E-state index is 13.7. The number of benzene rings is 2. The van der Waals surface area contributed by atoms with Gasteiger partial charge in [-0.2, -0.15) is 0 Å². The fourth-order valence-electron chi connectivity index (χ4n) is 3.45. The fourth-order valence-corrected chi connectivity index (χ4v) is 3.45. The molecule has 0 saturated heterocycles. The lowest BCUT2D eigenvalue weighted by Gasteiger charge is -2.22. The molecule has 24 heavy (non-hydrogen) atoms. The van der Waals surface area contributed by atoms with E-state index in [1.807, 2.05) is 0 Å². The Kier molecular flexibility index (Phi) is 5.29. The second-order valence-electron chi connectivity index (χ2n) is 6.53. The molecule has 0 bridgehead atoms. The van der Waals surface area contributed by atoms with Crippen LogP contribution in [0.5, 0.6) is 0 Å². The van der Waals surface area contributed by atoms with E-state index in [0.717, 1.165) is 24.8 Å². The van der Waals surface area contributed by atoms with Crippen LogP contribution in [0.4, 0.5) is 4.39 Å². The first kappa shape index (κ1) is 16.7. The SMILES string of the molecule is CC[C@H](NC(=O)Cc1ccccc1F)c1ccc2c(c1)CCCC2. The second kappa shape index (κ2) is 7.61. The van der Waals surface area contributed by atoms with Crippen molar-refractivity contribution in [1.29, 1.82) is 0 Å². The number of hydrogen-bond acceptors (Lipinski definition) is 1. The number of carbonyl (C=O) groups is 1. The van der Waals surface area contributed by atoms with Crippen LogP contribution in [0.15, 0.2) is 42.5 Å². The summed E-state index contributed by atoms with van der Waals surface area (Å²) in [6, 6.07) is 13.0. The molecule has 3 heteroatoms. The summed E-state index contributed by atoms with van der Waals surface area (Å²) >= 11 is 0. The van der Waals surface area contributed by atoms with Crippen LogP contribution in [-0.4, -0.2) is 5.91 Å². The molecule has 0 unspecified atom stereocenters. The fraction of sp³-hybridized carbons (Fsp3) is 0.381. The van der Waals surface area contributed by atoms with Gasteiger partial charge in [0.05, 0.1) is 12.5 Å². The van der Waals surface area contributed by atoms with E-state index in [4.69, 9.17) is 0 Å². The molecular weight excluding hydrogens is 301 g/mol. The molecule has 1 atom stereocenters. The minimum atomic E-state index is -0.325. The van der Waals surface area contributed by atoms with E-state index in [2.05, 4.69) is 30.4 Å². The molecule has 1 N–H and O–H groups in total. The zero-order valence-corrected chi connectivity index (χ0v) is 14.1. The number of fused-ring (bicyclic) bond motifs is 1. The number of hydrogen-bond donors (Lipinski definition) is 1. The lowest BCUT2D eigenvalue weighted by molar-refractivity contribution is -0.121. The van der Waals surface area contributed by atoms with E-state index in [0.29, 0.717) is 5.56 Å². The Morgan fingerprint density at radius 2 is 1.88 bits per heavy atom. The van der Waals surface area contributed by atoms with Gasteiger partial charge >= 0.3 is 0 Å². The highest BCUT2D eigenvalue weighted by molar-refractivity contribution is 5.79. The van der Waals surface area contributed by atoms with Crippen LogP contribution in [0.25, 0.3) is 0 Å². The quantitative estimate of drug-likeness (QED) is 0.861. The molecule has 0 spiro atoms. The third-order valence-electron chi connectivity index (χ3n) is 4.83. The van der Waals surface area contributed by atoms with Gasteiger partial charge in [0.15, 0.2) is 0 Å². The van der Waals surface area contributed by atoms with Gasteiger partial charge in [0.2, 0.25) is 5.91 Å². The van der Waals surface area contributed by atoms with Gasteiger partial charge in [0.1, 0.15) is 5.82 Å². The van der Waals surface area contributed by atoms with Crippen molar-refractivity contribution in [2.75, 3.05) is 0 Å². The minimum Gasteiger partial charge on any atom is -0.349 e. The molecule has 0 heterocycles. The Hall–Kier alpha value is -2.16. The third kappa shape index (κ3) is 3.84. The van der Waals surface area contributed by atoms with Crippen molar-refractivity contribution in [3.05, 3.63) is 70.5 Å². The van der Waals surface area contributed by atoms with E-state index in [-0.39, 0.29) is 24.2 Å². The van der Waals surface area contributed by atoms with Gasteiger partial charge in [0, 0.05) is 0 Å². The summed E-state index contributed by atoms with van der Waals surface area (Å²) in [5.41, 5.74) is 4.45. The highest BCUT2D eigenvalue weighted by atomic mass is 19.1. The van der Waals surface area contributed by atoms with Gasteiger partial charge in [-0.3, -0.25) is 4.79 Å². The van der Waals surface area contributed by atoms with Crippen LogP contribution in [0.2, 0.25) is 0 Å². The number of carbonyl (C=O) groups excluding carboxylic acids is 1. The number of halogens is 1. The molecule has 2 aromatic carbocycles. The van der Waals surface area contributed by atoms with Crippen molar-refractivity contribution in [3.8, 4) is 0 Å². The first-order valence-corrected chi connectivity index (χ1v) is 8.82. The van der Waals surface area contributed by atoms with Crippen molar-refractivity contribution in [2.45, 2.75) is 51.5 Å². The molecular formula is C21H24FNO. The maximum Gasteiger partial charge on any atom is 0.225 e. The second-order valence-corrected chi connectivity index (χ2v) is 6.53. The molecule has 0 saturated carbocycles. The Labute approximate surface area is 143 Å². The van der Waals surface area contributed by atoms with E-state index in [1.54, 1.807) is 18.2 Å². The summed E-state index contributed by atoms with van der Waals surface area (Å²) in [5, 5.41) is 3.06. The van der Waals surface area contributed by atoms with Crippen molar-refractivity contribution in [3.63, 3.8) is 0 Å². The van der Waals surface area contributed by atoms with Gasteiger partial charge in [0.25, 0.3) is 0 Å². The summed E-state index contributed by atoms with van der Waals surface area (Å²) < 4.78 is 13.7. The molecule has 1 aliphatic carbocycles. The number of rotatable bonds is 5. The Balaban J connectivity index is 1.70. The normalized spacial score (nSPS) is 14.8. The summed E-state index contributed by atoms with van der Waals surface area (Å²) in [6.45, 7) is 2.06. The highest BCUT2D eigenvalue weighted by Crippen LogP contribution is 2.26. The van der Waals surface area contributed by atoms with Crippen molar-refractivity contribution < 1.29 is 9.18 Å². The smallest absolute Gasteiger partial charge is 0.225 e. The zero-order valence-electron chi connectivity index (χ0n) is 14.1. The molecule has 1 amide bonds. The van der Waals surface area contributed by atoms with Crippen LogP contribution < -0.4 is 5.32 Å². The molecule has 0 radical (unpaired) electrons. The van der Waals surface area contributed by atoms with E-state index in [1.165, 1.54) is 30.0 Å². The summed E-state index contributed by atoms with van der Waals surface area (Å²) in [4.78, 5) is 12.3. The van der Waals surface area contributed by atoms with E-state index < -0.39 is 0 Å². The van der Waals surface area contributed by atoms with Gasteiger partial charge in [-0.25, -0.2) is 4.39 Å². The zero-order chi connectivity index (χ0) is 16.9. The molecule has 126 valence electrons. The van der Waals surface area contributed by atoms with Gasteiger partial charge in [-0.05, 0) is 60.4 Å². The van der Waals surface area contributed by atoms with Crippen LogP contribution in [0.1, 0.15) is 54.5 Å². The van der Waals surface area contributed by atoms with Crippen LogP contribution in [0.3, 0.4) is 0 Å². The molecule has 3 rings (SSSR count). The average molecular weight is 325 g/mol. The summed E-state index contributed by atoms with van der Waals surface area (Å²) in [7, 11) is 0. The number of nitrogens with one attached hydrogen (secondary N) is 1. The first-order chi connectivity index (χ1) is 11.7. The molecule has 2 nitrogen and oxygen atoms in total. The number of aryl methyl sites for hydroxylation is 2. The Morgan fingerprint density at radius 1 is 1.12 bits per heavy atom. The topological polar surface area (TPSA) is 29.1 Å². The summed E-state index contributed by atoms with van der Waals surface area (Å²) in [6.07, 6.45) is 5.69. The lowest BCUT2D eigenvalue weighted by atomic mass is 9.88. The molecule has 0 fully saturated rings. The van der Waals surface area contributed by atoms with Crippen LogP contribution >= 0.6 is 0 Å². The van der Waals surface area contributed by atoms with Crippen LogP contribution in [-0.2, 0) is 24.1 Å². The standard InChI is InChI=1S/C21H24FNO/c1-2-20(18-12-11-15-7-3-4-8-16(15)13-18)23-21(24)14-17-9-5-6-10-19(17)22/h5-6,9-13,20H,2-4,7-8,14H2,1H3,(H,23,24)/t20-/m0/s1. The maximum absolute atomic E-state index is 13.7. The van der Waals surface area contributed by atoms with Crippen LogP contribution in [0, 0.1) is 5.82 Å². The van der Waals surface area contributed by atoms with Gasteiger partial charge < -0.3 is 5.32 Å². The Morgan fingerprint density at radius 3 is 2.62 bits per heavy atom. The molecule has 0 aliphatic heterocycles. The van der Waals surface area contributed by atoms with E-state index >= 15 is 0 Å². The summed E-state index contributed by atoms with van der Waals surface area (Å²) in [5.74, 6) is -0.459. The number of amides is 1. The predicted octanol–water partition coefficient (Wildman–Crippen LogP) is 4.51. The monoisotopic (exact) mass is 325 g/mol. The lowest BCUT2D eigenvalue weighted by Crippen LogP contribution is -2.30. The van der Waals surface area contributed by atoms with Crippen molar-refractivity contribution >= 4 is 5.91 Å². The largest absolute Gasteiger partial charge is 0.349 e. The average Bonchev–Trinajstić information content (AvgIpc) is 2.61. The molecule has 0 aromatic heterocycles.